The largest absolute Gasteiger partial charge is 0.376 e. The predicted molar refractivity (Wildman–Crippen MR) is 94.3 cm³/mol. The predicted octanol–water partition coefficient (Wildman–Crippen LogP) is 2.81. The zero-order valence-corrected chi connectivity index (χ0v) is 15.6. The Morgan fingerprint density at radius 3 is 2.84 bits per heavy atom. The Hall–Kier alpha value is -0.980. The van der Waals surface area contributed by atoms with Gasteiger partial charge in [-0.05, 0) is 63.7 Å². The van der Waals surface area contributed by atoms with Crippen molar-refractivity contribution in [2.45, 2.75) is 76.2 Å². The molecule has 4 bridgehead atoms. The molecule has 0 spiro atoms. The minimum absolute atomic E-state index is 0.0467. The highest BCUT2D eigenvalue weighted by Gasteiger charge is 2.56. The van der Waals surface area contributed by atoms with Crippen LogP contribution in [-0.4, -0.2) is 34.9 Å². The zero-order valence-electron chi connectivity index (χ0n) is 14.8. The lowest BCUT2D eigenvalue weighted by Gasteiger charge is -2.54. The number of nitrogens with zero attached hydrogens (tertiary/aromatic N) is 2. The molecule has 5 nitrogen and oxygen atoms in total. The SMILES string of the molecule is Cc1cn(C[C@H]2CCCO2)c(=NC(=O)C23CC4CC(CC(C4)O2)C3)s1. The normalized spacial score (nSPS) is 40.1. The quantitative estimate of drug-likeness (QED) is 0.831. The molecule has 3 aliphatic heterocycles. The van der Waals surface area contributed by atoms with Crippen molar-refractivity contribution in [2.24, 2.45) is 16.8 Å². The standard InChI is InChI=1S/C19H26N2O3S/c1-12-10-21(11-15-3-2-4-23-15)18(25-12)20-17(22)19-8-13-5-14(9-19)7-16(6-13)24-19/h10,13-16H,2-9,11H2,1H3/t13?,14?,15-,16?,19?/m1/s1. The van der Waals surface area contributed by atoms with Gasteiger partial charge in [0.05, 0.1) is 18.8 Å². The highest BCUT2D eigenvalue weighted by Crippen LogP contribution is 2.53. The van der Waals surface area contributed by atoms with Gasteiger partial charge in [-0.25, -0.2) is 0 Å². The van der Waals surface area contributed by atoms with Crippen molar-refractivity contribution in [1.29, 1.82) is 0 Å². The lowest BCUT2D eigenvalue weighted by Crippen LogP contribution is -2.58. The van der Waals surface area contributed by atoms with Crippen molar-refractivity contribution in [3.8, 4) is 0 Å². The molecule has 0 N–H and O–H groups in total. The summed E-state index contributed by atoms with van der Waals surface area (Å²) in [5.41, 5.74) is -0.631. The first-order valence-corrected chi connectivity index (χ1v) is 10.5. The Morgan fingerprint density at radius 1 is 1.36 bits per heavy atom. The van der Waals surface area contributed by atoms with Crippen molar-refractivity contribution in [3.05, 3.63) is 15.9 Å². The molecule has 0 aromatic carbocycles. The third-order valence-electron chi connectivity index (χ3n) is 6.34. The van der Waals surface area contributed by atoms with Gasteiger partial charge in [0.15, 0.2) is 4.80 Å². The number of amides is 1. The fourth-order valence-electron chi connectivity index (χ4n) is 5.51. The van der Waals surface area contributed by atoms with Crippen LogP contribution in [0.25, 0.3) is 0 Å². The van der Waals surface area contributed by atoms with E-state index >= 15 is 0 Å². The maximum atomic E-state index is 13.1. The summed E-state index contributed by atoms with van der Waals surface area (Å²) < 4.78 is 14.1. The molecule has 5 fully saturated rings. The molecule has 2 saturated carbocycles. The van der Waals surface area contributed by atoms with E-state index < -0.39 is 5.60 Å². The Morgan fingerprint density at radius 2 is 2.16 bits per heavy atom. The average molecular weight is 362 g/mol. The van der Waals surface area contributed by atoms with E-state index in [9.17, 15) is 4.79 Å². The fourth-order valence-corrected chi connectivity index (χ4v) is 6.35. The van der Waals surface area contributed by atoms with Gasteiger partial charge in [-0.3, -0.25) is 4.79 Å². The molecular weight excluding hydrogens is 336 g/mol. The topological polar surface area (TPSA) is 52.8 Å². The summed E-state index contributed by atoms with van der Waals surface area (Å²) in [6, 6.07) is 0. The Bertz CT molecular complexity index is 709. The molecule has 5 aliphatic rings. The molecule has 2 unspecified atom stereocenters. The van der Waals surface area contributed by atoms with Crippen LogP contribution < -0.4 is 4.80 Å². The first-order chi connectivity index (χ1) is 12.1. The van der Waals surface area contributed by atoms with Crippen molar-refractivity contribution in [1.82, 2.24) is 4.57 Å². The number of thiazole rings is 1. The molecule has 3 saturated heterocycles. The fraction of sp³-hybridized carbons (Fsp3) is 0.789. The molecule has 1 amide bonds. The van der Waals surface area contributed by atoms with Gasteiger partial charge in [-0.2, -0.15) is 4.99 Å². The maximum absolute atomic E-state index is 13.1. The van der Waals surface area contributed by atoms with E-state index in [0.717, 1.165) is 56.5 Å². The number of ether oxygens (including phenoxy) is 2. The van der Waals surface area contributed by atoms with Crippen LogP contribution in [0.1, 0.15) is 49.8 Å². The molecule has 25 heavy (non-hydrogen) atoms. The zero-order chi connectivity index (χ0) is 17.0. The number of rotatable bonds is 3. The molecule has 2 aliphatic carbocycles. The van der Waals surface area contributed by atoms with Crippen LogP contribution in [0.2, 0.25) is 0 Å². The van der Waals surface area contributed by atoms with E-state index in [4.69, 9.17) is 9.47 Å². The summed E-state index contributed by atoms with van der Waals surface area (Å²) in [7, 11) is 0. The van der Waals surface area contributed by atoms with Crippen molar-refractivity contribution >= 4 is 17.2 Å². The second kappa shape index (κ2) is 6.03. The smallest absolute Gasteiger partial charge is 0.280 e. The summed E-state index contributed by atoms with van der Waals surface area (Å²) in [5.74, 6) is 1.28. The third-order valence-corrected chi connectivity index (χ3v) is 7.27. The molecule has 136 valence electrons. The maximum Gasteiger partial charge on any atom is 0.280 e. The van der Waals surface area contributed by atoms with E-state index in [0.29, 0.717) is 11.8 Å². The second-order valence-corrected chi connectivity index (χ2v) is 9.62. The van der Waals surface area contributed by atoms with Crippen LogP contribution in [0, 0.1) is 18.8 Å². The summed E-state index contributed by atoms with van der Waals surface area (Å²) in [5, 5.41) is 0. The Balaban J connectivity index is 1.43. The van der Waals surface area contributed by atoms with Gasteiger partial charge in [0, 0.05) is 17.7 Å². The number of hydrogen-bond donors (Lipinski definition) is 0. The lowest BCUT2D eigenvalue weighted by atomic mass is 9.62. The highest BCUT2D eigenvalue weighted by molar-refractivity contribution is 7.09. The molecule has 0 radical (unpaired) electrons. The summed E-state index contributed by atoms with van der Waals surface area (Å²) in [6.07, 6.45) is 10.2. The van der Waals surface area contributed by atoms with Crippen LogP contribution in [-0.2, 0) is 20.8 Å². The number of aromatic nitrogens is 1. The third kappa shape index (κ3) is 2.92. The molecular formula is C19H26N2O3S. The lowest BCUT2D eigenvalue weighted by molar-refractivity contribution is -0.216. The van der Waals surface area contributed by atoms with Crippen molar-refractivity contribution < 1.29 is 14.3 Å². The molecule has 1 aromatic heterocycles. The minimum atomic E-state index is -0.631. The van der Waals surface area contributed by atoms with Crippen molar-refractivity contribution in [2.75, 3.05) is 6.61 Å². The average Bonchev–Trinajstić information content (AvgIpc) is 3.16. The van der Waals surface area contributed by atoms with E-state index in [-0.39, 0.29) is 18.1 Å². The molecule has 6 heteroatoms. The molecule has 4 heterocycles. The summed E-state index contributed by atoms with van der Waals surface area (Å²) in [6.45, 7) is 3.71. The minimum Gasteiger partial charge on any atom is -0.376 e. The molecule has 3 atom stereocenters. The highest BCUT2D eigenvalue weighted by atomic mass is 32.1. The monoisotopic (exact) mass is 362 g/mol. The Labute approximate surface area is 152 Å². The molecule has 1 aromatic rings. The molecule has 6 rings (SSSR count). The van der Waals surface area contributed by atoms with Crippen LogP contribution in [0.4, 0.5) is 0 Å². The van der Waals surface area contributed by atoms with Gasteiger partial charge in [0.1, 0.15) is 5.60 Å². The van der Waals surface area contributed by atoms with E-state index in [1.54, 1.807) is 11.3 Å². The first-order valence-electron chi connectivity index (χ1n) is 9.65. The van der Waals surface area contributed by atoms with E-state index in [2.05, 4.69) is 22.7 Å². The van der Waals surface area contributed by atoms with Gasteiger partial charge in [-0.1, -0.05) is 0 Å². The van der Waals surface area contributed by atoms with E-state index in [1.807, 2.05) is 0 Å². The van der Waals surface area contributed by atoms with Crippen molar-refractivity contribution in [3.63, 3.8) is 0 Å². The van der Waals surface area contributed by atoms with Crippen LogP contribution in [0.5, 0.6) is 0 Å². The number of carbonyl (C=O) groups is 1. The summed E-state index contributed by atoms with van der Waals surface area (Å²) in [4.78, 5) is 19.7. The van der Waals surface area contributed by atoms with E-state index in [1.165, 1.54) is 11.3 Å². The van der Waals surface area contributed by atoms with Crippen LogP contribution in [0.3, 0.4) is 0 Å². The summed E-state index contributed by atoms with van der Waals surface area (Å²) >= 11 is 1.59. The van der Waals surface area contributed by atoms with Gasteiger partial charge < -0.3 is 14.0 Å². The van der Waals surface area contributed by atoms with Crippen LogP contribution >= 0.6 is 11.3 Å². The number of aryl methyl sites for hydroxylation is 1. The van der Waals surface area contributed by atoms with Gasteiger partial charge >= 0.3 is 0 Å². The Kier molecular flexibility index (Phi) is 3.91. The second-order valence-electron chi connectivity index (χ2n) is 8.41. The van der Waals surface area contributed by atoms with Gasteiger partial charge in [-0.15, -0.1) is 11.3 Å². The van der Waals surface area contributed by atoms with Gasteiger partial charge in [0.2, 0.25) is 0 Å². The first kappa shape index (κ1) is 16.2. The van der Waals surface area contributed by atoms with Crippen LogP contribution in [0.15, 0.2) is 11.2 Å². The number of carbonyl (C=O) groups excluding carboxylic acids is 1. The van der Waals surface area contributed by atoms with Gasteiger partial charge in [0.25, 0.3) is 5.91 Å². The number of hydrogen-bond acceptors (Lipinski definition) is 4.